The van der Waals surface area contributed by atoms with E-state index in [1.165, 1.54) is 0 Å². The number of amides is 1. The SMILES string of the molecule is C=C(NNC(=O)C(O)(CC)CC)c1ccc(OCC)cc1. The summed E-state index contributed by atoms with van der Waals surface area (Å²) in [6.45, 7) is 9.93. The Morgan fingerprint density at radius 3 is 2.24 bits per heavy atom. The first-order valence-electron chi connectivity index (χ1n) is 7.17. The average Bonchev–Trinajstić information content (AvgIpc) is 2.52. The maximum absolute atomic E-state index is 11.9. The molecule has 0 saturated heterocycles. The van der Waals surface area contributed by atoms with Gasteiger partial charge in [-0.1, -0.05) is 20.4 Å². The van der Waals surface area contributed by atoms with Gasteiger partial charge in [0.05, 0.1) is 12.3 Å². The molecule has 5 nitrogen and oxygen atoms in total. The largest absolute Gasteiger partial charge is 0.494 e. The highest BCUT2D eigenvalue weighted by Crippen LogP contribution is 2.17. The number of carbonyl (C=O) groups excluding carboxylic acids is 1. The van der Waals surface area contributed by atoms with Crippen LogP contribution in [-0.2, 0) is 4.79 Å². The first-order chi connectivity index (χ1) is 9.96. The summed E-state index contributed by atoms with van der Waals surface area (Å²) in [5, 5.41) is 10.1. The van der Waals surface area contributed by atoms with E-state index in [1.807, 2.05) is 31.2 Å². The van der Waals surface area contributed by atoms with Gasteiger partial charge >= 0.3 is 0 Å². The van der Waals surface area contributed by atoms with Crippen LogP contribution in [0, 0.1) is 0 Å². The summed E-state index contributed by atoms with van der Waals surface area (Å²) in [6.07, 6.45) is 0.707. The number of aliphatic hydroxyl groups is 1. The number of hydrogen-bond donors (Lipinski definition) is 3. The lowest BCUT2D eigenvalue weighted by Crippen LogP contribution is -2.50. The number of benzene rings is 1. The van der Waals surface area contributed by atoms with Crippen molar-refractivity contribution in [3.8, 4) is 5.75 Å². The van der Waals surface area contributed by atoms with Crippen LogP contribution < -0.4 is 15.6 Å². The lowest BCUT2D eigenvalue weighted by Gasteiger charge is -2.24. The normalized spacial score (nSPS) is 10.9. The second-order valence-corrected chi connectivity index (χ2v) is 4.75. The Hall–Kier alpha value is -2.01. The molecule has 0 aromatic heterocycles. The number of carbonyl (C=O) groups is 1. The van der Waals surface area contributed by atoms with Crippen LogP contribution in [0.1, 0.15) is 39.2 Å². The van der Waals surface area contributed by atoms with Gasteiger partial charge in [-0.2, -0.15) is 0 Å². The number of hydrazine groups is 1. The van der Waals surface area contributed by atoms with Gasteiger partial charge in [-0.15, -0.1) is 0 Å². The van der Waals surface area contributed by atoms with Crippen molar-refractivity contribution in [3.63, 3.8) is 0 Å². The quantitative estimate of drug-likeness (QED) is 0.643. The molecule has 0 bridgehead atoms. The van der Waals surface area contributed by atoms with E-state index in [1.54, 1.807) is 13.8 Å². The molecule has 1 amide bonds. The lowest BCUT2D eigenvalue weighted by atomic mass is 9.97. The minimum absolute atomic E-state index is 0.354. The van der Waals surface area contributed by atoms with Crippen LogP contribution >= 0.6 is 0 Å². The molecule has 0 aliphatic rings. The summed E-state index contributed by atoms with van der Waals surface area (Å²) >= 11 is 0. The summed E-state index contributed by atoms with van der Waals surface area (Å²) in [6, 6.07) is 7.36. The first kappa shape index (κ1) is 17.0. The van der Waals surface area contributed by atoms with Crippen molar-refractivity contribution in [2.45, 2.75) is 39.2 Å². The van der Waals surface area contributed by atoms with E-state index in [4.69, 9.17) is 4.74 Å². The summed E-state index contributed by atoms with van der Waals surface area (Å²) in [5.41, 5.74) is 5.24. The van der Waals surface area contributed by atoms with Gasteiger partial charge in [-0.25, -0.2) is 0 Å². The van der Waals surface area contributed by atoms with E-state index in [0.717, 1.165) is 11.3 Å². The zero-order chi connectivity index (χ0) is 15.9. The van der Waals surface area contributed by atoms with E-state index in [2.05, 4.69) is 17.4 Å². The van der Waals surface area contributed by atoms with Crippen LogP contribution in [0.15, 0.2) is 30.8 Å². The van der Waals surface area contributed by atoms with Crippen molar-refractivity contribution in [1.29, 1.82) is 0 Å². The average molecular weight is 292 g/mol. The van der Waals surface area contributed by atoms with Crippen LogP contribution in [0.25, 0.3) is 5.70 Å². The van der Waals surface area contributed by atoms with Crippen LogP contribution in [0.2, 0.25) is 0 Å². The third-order valence-electron chi connectivity index (χ3n) is 3.43. The van der Waals surface area contributed by atoms with Crippen LogP contribution in [0.4, 0.5) is 0 Å². The molecule has 0 aliphatic carbocycles. The minimum Gasteiger partial charge on any atom is -0.494 e. The predicted octanol–water partition coefficient (Wildman–Crippen LogP) is 2.23. The van der Waals surface area contributed by atoms with Crippen LogP contribution in [-0.4, -0.2) is 23.2 Å². The maximum Gasteiger partial charge on any atom is 0.270 e. The molecule has 0 radical (unpaired) electrons. The van der Waals surface area contributed by atoms with E-state index in [9.17, 15) is 9.90 Å². The fourth-order valence-corrected chi connectivity index (χ4v) is 1.81. The Labute approximate surface area is 126 Å². The highest BCUT2D eigenvalue weighted by molar-refractivity contribution is 5.85. The molecule has 0 saturated carbocycles. The molecule has 0 fully saturated rings. The summed E-state index contributed by atoms with van der Waals surface area (Å²) in [7, 11) is 0. The van der Waals surface area contributed by atoms with Gasteiger partial charge in [0.15, 0.2) is 0 Å². The Morgan fingerprint density at radius 2 is 1.76 bits per heavy atom. The van der Waals surface area contributed by atoms with Crippen molar-refractivity contribution in [2.75, 3.05) is 6.61 Å². The summed E-state index contributed by atoms with van der Waals surface area (Å²) in [5.74, 6) is 0.323. The van der Waals surface area contributed by atoms with Crippen molar-refractivity contribution >= 4 is 11.6 Å². The molecular formula is C16H24N2O3. The summed E-state index contributed by atoms with van der Waals surface area (Å²) < 4.78 is 5.36. The second-order valence-electron chi connectivity index (χ2n) is 4.75. The van der Waals surface area contributed by atoms with Gasteiger partial charge in [-0.05, 0) is 49.6 Å². The van der Waals surface area contributed by atoms with Gasteiger partial charge in [0.2, 0.25) is 0 Å². The highest BCUT2D eigenvalue weighted by atomic mass is 16.5. The van der Waals surface area contributed by atoms with Gasteiger partial charge in [0.1, 0.15) is 11.4 Å². The second kappa shape index (κ2) is 7.69. The fourth-order valence-electron chi connectivity index (χ4n) is 1.81. The smallest absolute Gasteiger partial charge is 0.270 e. The number of rotatable bonds is 8. The Balaban J connectivity index is 2.59. The first-order valence-corrected chi connectivity index (χ1v) is 7.17. The van der Waals surface area contributed by atoms with Gasteiger partial charge in [0.25, 0.3) is 5.91 Å². The molecule has 0 heterocycles. The summed E-state index contributed by atoms with van der Waals surface area (Å²) in [4.78, 5) is 11.9. The van der Waals surface area contributed by atoms with Gasteiger partial charge in [0, 0.05) is 0 Å². The molecule has 1 aromatic carbocycles. The molecule has 0 unspecified atom stereocenters. The molecule has 1 aromatic rings. The zero-order valence-corrected chi connectivity index (χ0v) is 12.9. The van der Waals surface area contributed by atoms with Crippen LogP contribution in [0.5, 0.6) is 5.75 Å². The van der Waals surface area contributed by atoms with Crippen molar-refractivity contribution in [3.05, 3.63) is 36.4 Å². The van der Waals surface area contributed by atoms with E-state index < -0.39 is 11.5 Å². The van der Waals surface area contributed by atoms with Crippen molar-refractivity contribution in [1.82, 2.24) is 10.9 Å². The molecule has 0 spiro atoms. The molecule has 116 valence electrons. The van der Waals surface area contributed by atoms with Crippen molar-refractivity contribution < 1.29 is 14.6 Å². The number of ether oxygens (including phenoxy) is 1. The van der Waals surface area contributed by atoms with Gasteiger partial charge in [-0.3, -0.25) is 15.6 Å². The topological polar surface area (TPSA) is 70.6 Å². The fraction of sp³-hybridized carbons (Fsp3) is 0.438. The molecule has 21 heavy (non-hydrogen) atoms. The molecule has 1 rings (SSSR count). The van der Waals surface area contributed by atoms with Gasteiger partial charge < -0.3 is 9.84 Å². The predicted molar refractivity (Wildman–Crippen MR) is 83.5 cm³/mol. The Kier molecular flexibility index (Phi) is 6.24. The van der Waals surface area contributed by atoms with E-state index in [-0.39, 0.29) is 0 Å². The number of hydrogen-bond acceptors (Lipinski definition) is 4. The standard InChI is InChI=1S/C16H24N2O3/c1-5-16(20,6-2)15(19)18-17-12(4)13-8-10-14(11-9-13)21-7-3/h8-11,17,20H,4-7H2,1-3H3,(H,18,19). The Morgan fingerprint density at radius 1 is 1.19 bits per heavy atom. The molecular weight excluding hydrogens is 268 g/mol. The molecule has 0 aliphatic heterocycles. The third kappa shape index (κ3) is 4.49. The molecule has 5 heteroatoms. The monoisotopic (exact) mass is 292 g/mol. The highest BCUT2D eigenvalue weighted by Gasteiger charge is 2.31. The third-order valence-corrected chi connectivity index (χ3v) is 3.43. The Bertz CT molecular complexity index is 479. The molecule has 3 N–H and O–H groups in total. The van der Waals surface area contributed by atoms with E-state index in [0.29, 0.717) is 25.1 Å². The van der Waals surface area contributed by atoms with Crippen LogP contribution in [0.3, 0.4) is 0 Å². The minimum atomic E-state index is -1.36. The number of nitrogens with one attached hydrogen (secondary N) is 2. The lowest BCUT2D eigenvalue weighted by molar-refractivity contribution is -0.141. The molecule has 0 atom stereocenters. The zero-order valence-electron chi connectivity index (χ0n) is 12.9. The van der Waals surface area contributed by atoms with Crippen molar-refractivity contribution in [2.24, 2.45) is 0 Å². The van der Waals surface area contributed by atoms with E-state index >= 15 is 0 Å². The maximum atomic E-state index is 11.9.